The third-order valence-corrected chi connectivity index (χ3v) is 6.14. The maximum Gasteiger partial charge on any atom is 0.321 e. The van der Waals surface area contributed by atoms with Gasteiger partial charge in [0.15, 0.2) is 10.8 Å². The van der Waals surface area contributed by atoms with Gasteiger partial charge in [-0.1, -0.05) is 36.4 Å². The molecule has 0 radical (unpaired) electrons. The number of ether oxygens (including phenoxy) is 1. The summed E-state index contributed by atoms with van der Waals surface area (Å²) in [5.41, 5.74) is 2.58. The number of carbonyl (C=O) groups is 2. The van der Waals surface area contributed by atoms with Crippen molar-refractivity contribution in [1.29, 1.82) is 0 Å². The van der Waals surface area contributed by atoms with Crippen molar-refractivity contribution in [3.05, 3.63) is 66.0 Å². The summed E-state index contributed by atoms with van der Waals surface area (Å²) in [5, 5.41) is 7.01. The van der Waals surface area contributed by atoms with E-state index in [0.29, 0.717) is 17.0 Å². The quantitative estimate of drug-likeness (QED) is 0.555. The van der Waals surface area contributed by atoms with Crippen LogP contribution in [0.1, 0.15) is 29.0 Å². The third kappa shape index (κ3) is 5.15. The van der Waals surface area contributed by atoms with Crippen molar-refractivity contribution in [2.75, 3.05) is 12.9 Å². The minimum atomic E-state index is -3.89. The molecule has 3 rings (SSSR count). The van der Waals surface area contributed by atoms with E-state index < -0.39 is 27.6 Å². The van der Waals surface area contributed by atoms with Gasteiger partial charge in [-0.05, 0) is 24.6 Å². The largest absolute Gasteiger partial charge is 0.468 e. The van der Waals surface area contributed by atoms with E-state index in [2.05, 4.69) is 20.1 Å². The summed E-state index contributed by atoms with van der Waals surface area (Å²) >= 11 is 0. The van der Waals surface area contributed by atoms with Gasteiger partial charge in [0.2, 0.25) is 9.84 Å². The number of hydrogen-bond acceptors (Lipinski definition) is 7. The first kappa shape index (κ1) is 22.2. The van der Waals surface area contributed by atoms with Crippen molar-refractivity contribution in [3.8, 4) is 11.3 Å². The summed E-state index contributed by atoms with van der Waals surface area (Å²) in [6.45, 7) is 1.76. The Morgan fingerprint density at radius 3 is 2.48 bits per heavy atom. The summed E-state index contributed by atoms with van der Waals surface area (Å²) in [4.78, 5) is 27.9. The standard InChI is InChI=1S/C21H22N4O5S/c1-14(16-9-10-19(22-12-16)31(28,29)13-20(26)30-3)23-21(27)18-11-17(24-25(18)2)15-7-5-4-6-8-15/h4-12,14H,13H2,1-3H3,(H,23,27). The molecule has 0 aliphatic carbocycles. The average molecular weight is 442 g/mol. The normalized spacial score (nSPS) is 12.2. The Morgan fingerprint density at radius 1 is 1.16 bits per heavy atom. The molecular weight excluding hydrogens is 420 g/mol. The van der Waals surface area contributed by atoms with E-state index in [9.17, 15) is 18.0 Å². The molecule has 9 nitrogen and oxygen atoms in total. The first-order chi connectivity index (χ1) is 14.7. The fourth-order valence-electron chi connectivity index (χ4n) is 2.90. The molecule has 0 spiro atoms. The monoisotopic (exact) mass is 442 g/mol. The summed E-state index contributed by atoms with van der Waals surface area (Å²) in [7, 11) is -1.09. The van der Waals surface area contributed by atoms with Gasteiger partial charge in [-0.3, -0.25) is 14.3 Å². The Labute approximate surface area is 180 Å². The molecule has 0 saturated heterocycles. The number of sulfone groups is 1. The second-order valence-corrected chi connectivity index (χ2v) is 8.80. The van der Waals surface area contributed by atoms with Crippen LogP contribution >= 0.6 is 0 Å². The van der Waals surface area contributed by atoms with Crippen LogP contribution in [0, 0.1) is 0 Å². The van der Waals surface area contributed by atoms with E-state index in [1.165, 1.54) is 16.9 Å². The number of nitrogens with one attached hydrogen (secondary N) is 1. The Kier molecular flexibility index (Phi) is 6.50. The van der Waals surface area contributed by atoms with Gasteiger partial charge in [-0.2, -0.15) is 5.10 Å². The minimum absolute atomic E-state index is 0.237. The van der Waals surface area contributed by atoms with Crippen molar-refractivity contribution >= 4 is 21.7 Å². The minimum Gasteiger partial charge on any atom is -0.468 e. The second kappa shape index (κ2) is 9.09. The molecule has 10 heteroatoms. The van der Waals surface area contributed by atoms with Gasteiger partial charge >= 0.3 is 5.97 Å². The van der Waals surface area contributed by atoms with Crippen LogP contribution < -0.4 is 5.32 Å². The molecule has 0 fully saturated rings. The molecule has 1 amide bonds. The van der Waals surface area contributed by atoms with Crippen LogP contribution in [0.2, 0.25) is 0 Å². The lowest BCUT2D eigenvalue weighted by Gasteiger charge is -2.14. The molecule has 1 aromatic carbocycles. The molecule has 162 valence electrons. The average Bonchev–Trinajstić information content (AvgIpc) is 3.16. The highest BCUT2D eigenvalue weighted by Crippen LogP contribution is 2.20. The molecule has 0 aliphatic heterocycles. The smallest absolute Gasteiger partial charge is 0.321 e. The van der Waals surface area contributed by atoms with Gasteiger partial charge in [0.1, 0.15) is 5.69 Å². The van der Waals surface area contributed by atoms with Crippen LogP contribution in [-0.4, -0.2) is 47.9 Å². The van der Waals surface area contributed by atoms with Gasteiger partial charge in [0, 0.05) is 18.8 Å². The Hall–Kier alpha value is -3.53. The topological polar surface area (TPSA) is 120 Å². The summed E-state index contributed by atoms with van der Waals surface area (Å²) in [5.74, 6) is -1.98. The van der Waals surface area contributed by atoms with Crippen molar-refractivity contribution in [3.63, 3.8) is 0 Å². The molecular formula is C21H22N4O5S. The number of carbonyl (C=O) groups excluding carboxylic acids is 2. The van der Waals surface area contributed by atoms with Crippen LogP contribution in [0.25, 0.3) is 11.3 Å². The van der Waals surface area contributed by atoms with Crippen LogP contribution in [0.5, 0.6) is 0 Å². The molecule has 3 aromatic rings. The van der Waals surface area contributed by atoms with Crippen molar-refractivity contribution < 1.29 is 22.7 Å². The first-order valence-corrected chi connectivity index (χ1v) is 11.0. The Bertz CT molecular complexity index is 1190. The number of aryl methyl sites for hydroxylation is 1. The number of amides is 1. The lowest BCUT2D eigenvalue weighted by molar-refractivity contribution is -0.137. The van der Waals surface area contributed by atoms with Crippen LogP contribution in [0.4, 0.5) is 0 Å². The van der Waals surface area contributed by atoms with Gasteiger partial charge in [-0.25, -0.2) is 13.4 Å². The number of esters is 1. The highest BCUT2D eigenvalue weighted by molar-refractivity contribution is 7.92. The lowest BCUT2D eigenvalue weighted by Crippen LogP contribution is -2.28. The number of hydrogen-bond donors (Lipinski definition) is 1. The fourth-order valence-corrected chi connectivity index (χ4v) is 3.97. The fraction of sp³-hybridized carbons (Fsp3) is 0.238. The first-order valence-electron chi connectivity index (χ1n) is 9.37. The van der Waals surface area contributed by atoms with E-state index >= 15 is 0 Å². The van der Waals surface area contributed by atoms with E-state index in [1.54, 1.807) is 26.1 Å². The maximum atomic E-state index is 12.7. The number of methoxy groups -OCH3 is 1. The van der Waals surface area contributed by atoms with Gasteiger partial charge in [-0.15, -0.1) is 0 Å². The van der Waals surface area contributed by atoms with Gasteiger partial charge < -0.3 is 10.1 Å². The number of rotatable bonds is 7. The van der Waals surface area contributed by atoms with Crippen molar-refractivity contribution in [1.82, 2.24) is 20.1 Å². The molecule has 0 saturated carbocycles. The molecule has 31 heavy (non-hydrogen) atoms. The zero-order valence-corrected chi connectivity index (χ0v) is 18.1. The highest BCUT2D eigenvalue weighted by atomic mass is 32.2. The van der Waals surface area contributed by atoms with Crippen LogP contribution in [-0.2, 0) is 26.4 Å². The van der Waals surface area contributed by atoms with Gasteiger partial charge in [0.25, 0.3) is 5.91 Å². The molecule has 2 aromatic heterocycles. The van der Waals surface area contributed by atoms with Crippen molar-refractivity contribution in [2.24, 2.45) is 7.05 Å². The van der Waals surface area contributed by atoms with E-state index in [-0.39, 0.29) is 10.9 Å². The molecule has 0 bridgehead atoms. The Balaban J connectivity index is 1.72. The molecule has 2 heterocycles. The van der Waals surface area contributed by atoms with E-state index in [4.69, 9.17) is 0 Å². The lowest BCUT2D eigenvalue weighted by atomic mass is 10.1. The second-order valence-electron chi connectivity index (χ2n) is 6.86. The number of nitrogens with zero attached hydrogens (tertiary/aromatic N) is 3. The zero-order valence-electron chi connectivity index (χ0n) is 17.3. The summed E-state index contributed by atoms with van der Waals surface area (Å²) < 4.78 is 30.2. The zero-order chi connectivity index (χ0) is 22.6. The molecule has 1 unspecified atom stereocenters. The Morgan fingerprint density at radius 2 is 1.87 bits per heavy atom. The SMILES string of the molecule is COC(=O)CS(=O)(=O)c1ccc(C(C)NC(=O)c2cc(-c3ccccc3)nn2C)cn1. The van der Waals surface area contributed by atoms with Crippen molar-refractivity contribution in [2.45, 2.75) is 18.0 Å². The van der Waals surface area contributed by atoms with E-state index in [1.807, 2.05) is 30.3 Å². The predicted octanol–water partition coefficient (Wildman–Crippen LogP) is 1.92. The number of aromatic nitrogens is 3. The predicted molar refractivity (Wildman–Crippen MR) is 113 cm³/mol. The van der Waals surface area contributed by atoms with Gasteiger partial charge in [0.05, 0.1) is 18.8 Å². The van der Waals surface area contributed by atoms with Crippen LogP contribution in [0.15, 0.2) is 59.8 Å². The maximum absolute atomic E-state index is 12.7. The number of benzene rings is 1. The third-order valence-electron chi connectivity index (χ3n) is 4.64. The summed E-state index contributed by atoms with van der Waals surface area (Å²) in [6.07, 6.45) is 1.35. The van der Waals surface area contributed by atoms with E-state index in [0.717, 1.165) is 12.7 Å². The molecule has 1 N–H and O–H groups in total. The number of pyridine rings is 1. The summed E-state index contributed by atoms with van der Waals surface area (Å²) in [6, 6.07) is 13.6. The molecule has 0 aliphatic rings. The highest BCUT2D eigenvalue weighted by Gasteiger charge is 2.22. The molecule has 1 atom stereocenters. The van der Waals surface area contributed by atoms with Crippen LogP contribution in [0.3, 0.4) is 0 Å².